The molecule has 6 nitrogen and oxygen atoms in total. The summed E-state index contributed by atoms with van der Waals surface area (Å²) in [5.74, 6) is -0.550. The van der Waals surface area contributed by atoms with Crippen LogP contribution in [0.1, 0.15) is 21.7 Å². The highest BCUT2D eigenvalue weighted by molar-refractivity contribution is 6.32. The maximum absolute atomic E-state index is 12.3. The summed E-state index contributed by atoms with van der Waals surface area (Å²) in [6, 6.07) is 4.04. The molecule has 0 atom stereocenters. The zero-order valence-electron chi connectivity index (χ0n) is 11.8. The van der Waals surface area contributed by atoms with Gasteiger partial charge in [0.25, 0.3) is 5.91 Å². The molecule has 0 saturated heterocycles. The number of hydrogen-bond acceptors (Lipinski definition) is 4. The highest BCUT2D eigenvalue weighted by Crippen LogP contribution is 2.29. The highest BCUT2D eigenvalue weighted by Gasteiger charge is 2.21. The van der Waals surface area contributed by atoms with Crippen LogP contribution in [0.2, 0.25) is 5.02 Å². The number of hydrogen-bond donors (Lipinski definition) is 3. The van der Waals surface area contributed by atoms with Crippen molar-refractivity contribution in [1.29, 1.82) is 0 Å². The number of H-pyrrole nitrogens is 1. The molecular weight excluding hydrogens is 330 g/mol. The quantitative estimate of drug-likeness (QED) is 0.798. The van der Waals surface area contributed by atoms with E-state index >= 15 is 0 Å². The molecule has 1 aliphatic rings. The number of halogens is 3. The third-order valence-corrected chi connectivity index (χ3v) is 3.72. The van der Waals surface area contributed by atoms with Gasteiger partial charge in [-0.15, -0.1) is 0 Å². The average molecular weight is 343 g/mol. The van der Waals surface area contributed by atoms with E-state index in [1.165, 1.54) is 18.2 Å². The van der Waals surface area contributed by atoms with Crippen LogP contribution in [0, 0.1) is 0 Å². The second kappa shape index (κ2) is 6.51. The Hall–Kier alpha value is -2.19. The highest BCUT2D eigenvalue weighted by atomic mass is 35.5. The second-order valence-electron chi connectivity index (χ2n) is 4.93. The molecule has 122 valence electrons. The van der Waals surface area contributed by atoms with Crippen LogP contribution in [0.25, 0.3) is 0 Å². The lowest BCUT2D eigenvalue weighted by Crippen LogP contribution is -2.25. The van der Waals surface area contributed by atoms with Crippen LogP contribution in [-0.2, 0) is 13.0 Å². The smallest absolute Gasteiger partial charge is 0.387 e. The van der Waals surface area contributed by atoms with Gasteiger partial charge >= 0.3 is 6.61 Å². The summed E-state index contributed by atoms with van der Waals surface area (Å²) in [4.78, 5) is 12.3. The molecule has 1 aromatic carbocycles. The number of benzene rings is 1. The van der Waals surface area contributed by atoms with Gasteiger partial charge in [-0.25, -0.2) is 0 Å². The number of fused-ring (bicyclic) bond motifs is 1. The number of aromatic nitrogens is 2. The Kier molecular flexibility index (Phi) is 4.44. The van der Waals surface area contributed by atoms with E-state index < -0.39 is 12.5 Å². The predicted octanol–water partition coefficient (Wildman–Crippen LogP) is 2.56. The minimum Gasteiger partial charge on any atom is -0.433 e. The number of anilines is 1. The molecule has 0 aliphatic carbocycles. The number of ether oxygens (including phenoxy) is 1. The first kappa shape index (κ1) is 15.7. The van der Waals surface area contributed by atoms with Gasteiger partial charge in [-0.3, -0.25) is 9.89 Å². The van der Waals surface area contributed by atoms with Crippen LogP contribution in [0.3, 0.4) is 0 Å². The van der Waals surface area contributed by atoms with Crippen molar-refractivity contribution in [2.75, 3.05) is 11.9 Å². The Balaban J connectivity index is 1.75. The molecule has 0 unspecified atom stereocenters. The van der Waals surface area contributed by atoms with Crippen LogP contribution in [0.15, 0.2) is 18.2 Å². The summed E-state index contributed by atoms with van der Waals surface area (Å²) >= 11 is 5.86. The van der Waals surface area contributed by atoms with Crippen LogP contribution in [-0.4, -0.2) is 29.3 Å². The molecule has 0 saturated carbocycles. The van der Waals surface area contributed by atoms with Crippen molar-refractivity contribution in [3.8, 4) is 5.75 Å². The number of amides is 1. The Morgan fingerprint density at radius 2 is 2.26 bits per heavy atom. The van der Waals surface area contributed by atoms with E-state index in [-0.39, 0.29) is 10.8 Å². The van der Waals surface area contributed by atoms with E-state index in [1.807, 2.05) is 0 Å². The molecule has 0 fully saturated rings. The lowest BCUT2D eigenvalue weighted by molar-refractivity contribution is -0.0497. The Morgan fingerprint density at radius 1 is 1.43 bits per heavy atom. The summed E-state index contributed by atoms with van der Waals surface area (Å²) in [7, 11) is 0. The molecule has 0 radical (unpaired) electrons. The van der Waals surface area contributed by atoms with Gasteiger partial charge in [-0.1, -0.05) is 11.6 Å². The van der Waals surface area contributed by atoms with Gasteiger partial charge in [0, 0.05) is 36.5 Å². The molecule has 1 aliphatic heterocycles. The first-order valence-electron chi connectivity index (χ1n) is 6.87. The van der Waals surface area contributed by atoms with E-state index in [0.29, 0.717) is 17.9 Å². The number of rotatable bonds is 4. The summed E-state index contributed by atoms with van der Waals surface area (Å²) < 4.78 is 28.6. The van der Waals surface area contributed by atoms with Crippen LogP contribution < -0.4 is 15.4 Å². The number of aromatic amines is 1. The maximum Gasteiger partial charge on any atom is 0.387 e. The van der Waals surface area contributed by atoms with E-state index in [2.05, 4.69) is 25.6 Å². The molecule has 2 aromatic rings. The fourth-order valence-corrected chi connectivity index (χ4v) is 2.60. The minimum atomic E-state index is -2.96. The normalized spacial score (nSPS) is 13.7. The SMILES string of the molecule is O=C(Nc1ccc(OC(F)F)c(Cl)c1)c1n[nH]c2c1CNCC2. The third-order valence-electron chi connectivity index (χ3n) is 3.43. The lowest BCUT2D eigenvalue weighted by Gasteiger charge is -2.13. The lowest BCUT2D eigenvalue weighted by atomic mass is 10.1. The van der Waals surface area contributed by atoms with Gasteiger partial charge in [0.05, 0.1) is 5.02 Å². The van der Waals surface area contributed by atoms with Gasteiger partial charge in [0.1, 0.15) is 5.75 Å². The van der Waals surface area contributed by atoms with Crippen LogP contribution >= 0.6 is 11.6 Å². The first-order valence-corrected chi connectivity index (χ1v) is 7.25. The van der Waals surface area contributed by atoms with Crippen molar-refractivity contribution in [2.24, 2.45) is 0 Å². The Bertz CT molecular complexity index is 736. The predicted molar refractivity (Wildman–Crippen MR) is 80.0 cm³/mol. The molecule has 3 N–H and O–H groups in total. The molecule has 9 heteroatoms. The van der Waals surface area contributed by atoms with Crippen LogP contribution in [0.4, 0.5) is 14.5 Å². The molecule has 23 heavy (non-hydrogen) atoms. The molecule has 0 bridgehead atoms. The zero-order valence-corrected chi connectivity index (χ0v) is 12.6. The standard InChI is InChI=1S/C14H13ClF2N4O2/c15-9-5-7(1-2-11(9)23-14(16)17)19-13(22)12-8-6-18-4-3-10(8)20-21-12/h1-2,5,14,18H,3-4,6H2,(H,19,22)(H,20,21). The molecule has 1 amide bonds. The van der Waals surface area contributed by atoms with Gasteiger partial charge in [0.15, 0.2) is 5.69 Å². The fraction of sp³-hybridized carbons (Fsp3) is 0.286. The Morgan fingerprint density at radius 3 is 3.00 bits per heavy atom. The summed E-state index contributed by atoms with van der Waals surface area (Å²) in [6.45, 7) is -1.57. The van der Waals surface area contributed by atoms with E-state index in [4.69, 9.17) is 11.6 Å². The van der Waals surface area contributed by atoms with Gasteiger partial charge in [-0.05, 0) is 18.2 Å². The number of nitrogens with one attached hydrogen (secondary N) is 3. The van der Waals surface area contributed by atoms with Crippen molar-refractivity contribution in [3.05, 3.63) is 40.2 Å². The topological polar surface area (TPSA) is 79.0 Å². The largest absolute Gasteiger partial charge is 0.433 e. The van der Waals surface area contributed by atoms with E-state index in [1.54, 1.807) is 0 Å². The number of carbonyl (C=O) groups is 1. The van der Waals surface area contributed by atoms with Gasteiger partial charge in [0.2, 0.25) is 0 Å². The zero-order chi connectivity index (χ0) is 16.4. The minimum absolute atomic E-state index is 0.0196. The number of alkyl halides is 2. The Labute approximate surface area is 135 Å². The first-order chi connectivity index (χ1) is 11.0. The molecule has 1 aromatic heterocycles. The summed E-state index contributed by atoms with van der Waals surface area (Å²) in [5, 5.41) is 12.7. The van der Waals surface area contributed by atoms with E-state index in [9.17, 15) is 13.6 Å². The number of carbonyl (C=O) groups excluding carboxylic acids is 1. The summed E-state index contributed by atoms with van der Waals surface area (Å²) in [5.41, 5.74) is 2.43. The molecule has 3 rings (SSSR count). The second-order valence-corrected chi connectivity index (χ2v) is 5.34. The van der Waals surface area contributed by atoms with Crippen molar-refractivity contribution < 1.29 is 18.3 Å². The third kappa shape index (κ3) is 3.43. The van der Waals surface area contributed by atoms with Crippen molar-refractivity contribution >= 4 is 23.2 Å². The average Bonchev–Trinajstić information content (AvgIpc) is 2.94. The summed E-state index contributed by atoms with van der Waals surface area (Å²) in [6.07, 6.45) is 0.779. The maximum atomic E-state index is 12.3. The van der Waals surface area contributed by atoms with Crippen LogP contribution in [0.5, 0.6) is 5.75 Å². The molecular formula is C14H13ClF2N4O2. The van der Waals surface area contributed by atoms with Crippen molar-refractivity contribution in [1.82, 2.24) is 15.5 Å². The fourth-order valence-electron chi connectivity index (χ4n) is 2.37. The van der Waals surface area contributed by atoms with Gasteiger partial charge < -0.3 is 15.4 Å². The van der Waals surface area contributed by atoms with Crippen molar-refractivity contribution in [2.45, 2.75) is 19.6 Å². The monoisotopic (exact) mass is 342 g/mol. The molecule has 0 spiro atoms. The van der Waals surface area contributed by atoms with E-state index in [0.717, 1.165) is 24.2 Å². The van der Waals surface area contributed by atoms with Gasteiger partial charge in [-0.2, -0.15) is 13.9 Å². The number of nitrogens with zero attached hydrogens (tertiary/aromatic N) is 1. The van der Waals surface area contributed by atoms with Crippen molar-refractivity contribution in [3.63, 3.8) is 0 Å². The molecule has 2 heterocycles.